The summed E-state index contributed by atoms with van der Waals surface area (Å²) in [6.45, 7) is 1.42. The van der Waals surface area contributed by atoms with Gasteiger partial charge in [-0.05, 0) is 18.4 Å². The van der Waals surface area contributed by atoms with Gasteiger partial charge in [-0.3, -0.25) is 4.79 Å². The molecule has 4 rings (SSSR count). The summed E-state index contributed by atoms with van der Waals surface area (Å²) in [4.78, 5) is 20.2. The van der Waals surface area contributed by atoms with Crippen molar-refractivity contribution in [3.63, 3.8) is 0 Å². The molecule has 0 N–H and O–H groups in total. The molecule has 0 saturated carbocycles. The molecular weight excluding hydrogens is 318 g/mol. The quantitative estimate of drug-likeness (QED) is 0.853. The molecule has 2 aliphatic heterocycles. The maximum Gasteiger partial charge on any atom is 0.266 e. The molecule has 1 fully saturated rings. The van der Waals surface area contributed by atoms with Crippen molar-refractivity contribution in [1.82, 2.24) is 19.7 Å². The summed E-state index contributed by atoms with van der Waals surface area (Å²) < 4.78 is 1.93. The van der Waals surface area contributed by atoms with Crippen molar-refractivity contribution in [3.8, 4) is 0 Å². The largest absolute Gasteiger partial charge is 0.382 e. The molecule has 0 radical (unpaired) electrons. The van der Waals surface area contributed by atoms with E-state index in [1.165, 1.54) is 0 Å². The predicted octanol–water partition coefficient (Wildman–Crippen LogP) is 1.71. The number of amides is 1. The van der Waals surface area contributed by atoms with Gasteiger partial charge in [0.1, 0.15) is 12.2 Å². The molecule has 1 amide bonds. The summed E-state index contributed by atoms with van der Waals surface area (Å²) in [6.07, 6.45) is 3.69. The minimum absolute atomic E-state index is 0.0153. The van der Waals surface area contributed by atoms with Gasteiger partial charge in [-0.15, -0.1) is 10.2 Å². The highest BCUT2D eigenvalue weighted by atomic mass is 16.6. The molecule has 2 atom stereocenters. The van der Waals surface area contributed by atoms with Gasteiger partial charge in [0.2, 0.25) is 6.10 Å². The van der Waals surface area contributed by atoms with Gasteiger partial charge in [0.15, 0.2) is 0 Å². The minimum atomic E-state index is -0.520. The third-order valence-electron chi connectivity index (χ3n) is 4.90. The van der Waals surface area contributed by atoms with Crippen LogP contribution in [0.5, 0.6) is 0 Å². The topological polar surface area (TPSA) is 72.6 Å². The molecule has 0 spiro atoms. The first-order valence-corrected chi connectivity index (χ1v) is 8.63. The molecule has 2 aliphatic rings. The van der Waals surface area contributed by atoms with E-state index in [2.05, 4.69) is 15.4 Å². The molecule has 7 heteroatoms. The average molecular weight is 339 g/mol. The van der Waals surface area contributed by atoms with E-state index in [0.717, 1.165) is 36.5 Å². The van der Waals surface area contributed by atoms with Gasteiger partial charge < -0.3 is 14.3 Å². The summed E-state index contributed by atoms with van der Waals surface area (Å²) in [7, 11) is 1.94. The van der Waals surface area contributed by atoms with Crippen LogP contribution in [-0.2, 0) is 16.7 Å². The lowest BCUT2D eigenvalue weighted by Gasteiger charge is -2.33. The number of carbonyl (C=O) groups excluding carboxylic acids is 1. The number of piperidine rings is 1. The SMILES string of the molecule is Cn1cnnc1C1CCCN(C(=O)C2CC(c3ccccc3)=NO2)C1. The number of carbonyl (C=O) groups is 1. The van der Waals surface area contributed by atoms with Crippen molar-refractivity contribution in [3.05, 3.63) is 48.0 Å². The lowest BCUT2D eigenvalue weighted by Crippen LogP contribution is -2.44. The number of aromatic nitrogens is 3. The van der Waals surface area contributed by atoms with Gasteiger partial charge in [0.05, 0.1) is 5.71 Å². The van der Waals surface area contributed by atoms with Crippen molar-refractivity contribution in [1.29, 1.82) is 0 Å². The predicted molar refractivity (Wildman–Crippen MR) is 92.0 cm³/mol. The second-order valence-electron chi connectivity index (χ2n) is 6.63. The third-order valence-corrected chi connectivity index (χ3v) is 4.90. The van der Waals surface area contributed by atoms with Crippen LogP contribution in [-0.4, -0.2) is 50.5 Å². The van der Waals surface area contributed by atoms with Crippen LogP contribution < -0.4 is 0 Å². The second-order valence-corrected chi connectivity index (χ2v) is 6.63. The van der Waals surface area contributed by atoms with E-state index in [-0.39, 0.29) is 11.8 Å². The fourth-order valence-corrected chi connectivity index (χ4v) is 3.56. The monoisotopic (exact) mass is 339 g/mol. The molecular formula is C18H21N5O2. The van der Waals surface area contributed by atoms with Crippen molar-refractivity contribution < 1.29 is 9.63 Å². The Kier molecular flexibility index (Phi) is 4.21. The number of hydrogen-bond acceptors (Lipinski definition) is 5. The van der Waals surface area contributed by atoms with E-state index in [1.54, 1.807) is 6.33 Å². The summed E-state index contributed by atoms with van der Waals surface area (Å²) >= 11 is 0. The van der Waals surface area contributed by atoms with Crippen molar-refractivity contribution in [2.24, 2.45) is 12.2 Å². The van der Waals surface area contributed by atoms with E-state index in [1.807, 2.05) is 46.8 Å². The summed E-state index contributed by atoms with van der Waals surface area (Å²) in [5.41, 5.74) is 1.84. The molecule has 1 aromatic heterocycles. The molecule has 3 heterocycles. The zero-order valence-electron chi connectivity index (χ0n) is 14.2. The van der Waals surface area contributed by atoms with Crippen LogP contribution in [0.1, 0.15) is 36.6 Å². The Labute approximate surface area is 146 Å². The number of likely N-dealkylation sites (tertiary alicyclic amines) is 1. The highest BCUT2D eigenvalue weighted by Crippen LogP contribution is 2.27. The van der Waals surface area contributed by atoms with Gasteiger partial charge >= 0.3 is 0 Å². The summed E-state index contributed by atoms with van der Waals surface area (Å²) in [5.74, 6) is 1.17. The Morgan fingerprint density at radius 2 is 2.12 bits per heavy atom. The van der Waals surface area contributed by atoms with Crippen LogP contribution in [0, 0.1) is 0 Å². The molecule has 25 heavy (non-hydrogen) atoms. The van der Waals surface area contributed by atoms with Crippen molar-refractivity contribution in [2.45, 2.75) is 31.3 Å². The van der Waals surface area contributed by atoms with Gasteiger partial charge in [0.25, 0.3) is 5.91 Å². The maximum absolute atomic E-state index is 12.9. The minimum Gasteiger partial charge on any atom is -0.382 e. The number of rotatable bonds is 3. The standard InChI is InChI=1S/C18H21N5O2/c1-22-12-19-20-17(22)14-8-5-9-23(11-14)18(24)16-10-15(21-25-16)13-6-3-2-4-7-13/h2-4,6-7,12,14,16H,5,8-11H2,1H3. The van der Waals surface area contributed by atoms with Crippen LogP contribution in [0.3, 0.4) is 0 Å². The van der Waals surface area contributed by atoms with E-state index < -0.39 is 6.10 Å². The zero-order chi connectivity index (χ0) is 17.2. The van der Waals surface area contributed by atoms with Crippen LogP contribution >= 0.6 is 0 Å². The van der Waals surface area contributed by atoms with Crippen molar-refractivity contribution >= 4 is 11.6 Å². The summed E-state index contributed by atoms with van der Waals surface area (Å²) in [6, 6.07) is 9.86. The first-order valence-electron chi connectivity index (χ1n) is 8.63. The second kappa shape index (κ2) is 6.66. The van der Waals surface area contributed by atoms with E-state index in [4.69, 9.17) is 4.84 Å². The number of nitrogens with zero attached hydrogens (tertiary/aromatic N) is 5. The van der Waals surface area contributed by atoms with E-state index >= 15 is 0 Å². The number of aryl methyl sites for hydroxylation is 1. The fraction of sp³-hybridized carbons (Fsp3) is 0.444. The molecule has 2 unspecified atom stereocenters. The Hall–Kier alpha value is -2.70. The smallest absolute Gasteiger partial charge is 0.266 e. The normalized spacial score (nSPS) is 23.2. The highest BCUT2D eigenvalue weighted by molar-refractivity contribution is 6.04. The summed E-state index contributed by atoms with van der Waals surface area (Å²) in [5, 5.41) is 12.3. The average Bonchev–Trinajstić information content (AvgIpc) is 3.31. The van der Waals surface area contributed by atoms with Gasteiger partial charge in [-0.2, -0.15) is 0 Å². The van der Waals surface area contributed by atoms with E-state index in [9.17, 15) is 4.79 Å². The van der Waals surface area contributed by atoms with Crippen LogP contribution in [0.15, 0.2) is 41.8 Å². The lowest BCUT2D eigenvalue weighted by molar-refractivity contribution is -0.143. The van der Waals surface area contributed by atoms with Gasteiger partial charge in [-0.25, -0.2) is 0 Å². The molecule has 130 valence electrons. The van der Waals surface area contributed by atoms with Crippen LogP contribution in [0.25, 0.3) is 0 Å². The fourth-order valence-electron chi connectivity index (χ4n) is 3.56. The molecule has 0 bridgehead atoms. The maximum atomic E-state index is 12.9. The Bertz CT molecular complexity index is 786. The van der Waals surface area contributed by atoms with Gasteiger partial charge in [-0.1, -0.05) is 35.5 Å². The molecule has 1 saturated heterocycles. The lowest BCUT2D eigenvalue weighted by atomic mass is 9.96. The Morgan fingerprint density at radius 3 is 2.88 bits per heavy atom. The molecule has 0 aliphatic carbocycles. The van der Waals surface area contributed by atoms with Crippen molar-refractivity contribution in [2.75, 3.05) is 13.1 Å². The molecule has 7 nitrogen and oxygen atoms in total. The first kappa shape index (κ1) is 15.8. The first-order chi connectivity index (χ1) is 12.2. The highest BCUT2D eigenvalue weighted by Gasteiger charge is 2.35. The Balaban J connectivity index is 1.41. The van der Waals surface area contributed by atoms with E-state index in [0.29, 0.717) is 13.0 Å². The number of hydrogen-bond donors (Lipinski definition) is 0. The number of benzene rings is 1. The zero-order valence-corrected chi connectivity index (χ0v) is 14.2. The number of oxime groups is 1. The van der Waals surface area contributed by atoms with Gasteiger partial charge in [0, 0.05) is 32.5 Å². The molecule has 1 aromatic carbocycles. The Morgan fingerprint density at radius 1 is 1.28 bits per heavy atom. The van der Waals surface area contributed by atoms with Crippen LogP contribution in [0.2, 0.25) is 0 Å². The molecule has 2 aromatic rings. The third kappa shape index (κ3) is 3.14. The van der Waals surface area contributed by atoms with Crippen LogP contribution in [0.4, 0.5) is 0 Å².